The van der Waals surface area contributed by atoms with Crippen LogP contribution >= 0.6 is 24.0 Å². The summed E-state index contributed by atoms with van der Waals surface area (Å²) in [6.45, 7) is 4.48. The molecule has 1 saturated heterocycles. The lowest BCUT2D eigenvalue weighted by Gasteiger charge is -2.36. The van der Waals surface area contributed by atoms with Crippen LogP contribution in [-0.4, -0.2) is 50.6 Å². The van der Waals surface area contributed by atoms with Gasteiger partial charge in [-0.05, 0) is 30.3 Å². The van der Waals surface area contributed by atoms with Crippen LogP contribution in [0.25, 0.3) is 0 Å². The van der Waals surface area contributed by atoms with Gasteiger partial charge in [0.05, 0.1) is 12.8 Å². The summed E-state index contributed by atoms with van der Waals surface area (Å²) in [5, 5.41) is 3.52. The molecule has 2 aromatic carbocycles. The highest BCUT2D eigenvalue weighted by atomic mass is 35.5. The third-order valence-electron chi connectivity index (χ3n) is 4.56. The number of hydrogen-bond acceptors (Lipinski definition) is 4. The first-order valence-electron chi connectivity index (χ1n) is 8.81. The molecule has 0 unspecified atom stereocenters. The molecular weight excluding hydrogens is 385 g/mol. The summed E-state index contributed by atoms with van der Waals surface area (Å²) in [7, 11) is 1.70. The Labute approximate surface area is 171 Å². The van der Waals surface area contributed by atoms with Crippen LogP contribution in [0.15, 0.2) is 48.5 Å². The molecular formula is C20H25Cl2N3O2. The van der Waals surface area contributed by atoms with Crippen LogP contribution in [0.2, 0.25) is 5.02 Å². The molecule has 1 aliphatic heterocycles. The van der Waals surface area contributed by atoms with Crippen molar-refractivity contribution < 1.29 is 9.53 Å². The van der Waals surface area contributed by atoms with Gasteiger partial charge in [-0.1, -0.05) is 29.8 Å². The van der Waals surface area contributed by atoms with E-state index in [0.717, 1.165) is 49.8 Å². The lowest BCUT2D eigenvalue weighted by Crippen LogP contribution is -2.47. The molecule has 7 heteroatoms. The van der Waals surface area contributed by atoms with E-state index in [9.17, 15) is 4.79 Å². The van der Waals surface area contributed by atoms with Gasteiger partial charge in [-0.3, -0.25) is 9.69 Å². The number of ether oxygens (including phenoxy) is 1. The molecule has 27 heavy (non-hydrogen) atoms. The zero-order valence-electron chi connectivity index (χ0n) is 15.4. The molecule has 5 nitrogen and oxygen atoms in total. The van der Waals surface area contributed by atoms with E-state index in [-0.39, 0.29) is 18.3 Å². The van der Waals surface area contributed by atoms with Crippen LogP contribution in [0.5, 0.6) is 5.75 Å². The number of para-hydroxylation sites is 2. The molecule has 3 rings (SSSR count). The van der Waals surface area contributed by atoms with Gasteiger partial charge >= 0.3 is 0 Å². The Balaban J connectivity index is 0.00000261. The first kappa shape index (κ1) is 21.4. The number of halogens is 2. The second kappa shape index (κ2) is 10.4. The highest BCUT2D eigenvalue weighted by molar-refractivity contribution is 6.30. The molecule has 0 atom stereocenters. The minimum atomic E-state index is 0. The summed E-state index contributed by atoms with van der Waals surface area (Å²) < 4.78 is 5.45. The monoisotopic (exact) mass is 409 g/mol. The number of nitrogens with zero attached hydrogens (tertiary/aromatic N) is 2. The third-order valence-corrected chi connectivity index (χ3v) is 4.80. The Bertz CT molecular complexity index is 750. The molecule has 0 bridgehead atoms. The summed E-state index contributed by atoms with van der Waals surface area (Å²) in [6, 6.07) is 15.3. The van der Waals surface area contributed by atoms with Crippen LogP contribution in [0.3, 0.4) is 0 Å². The van der Waals surface area contributed by atoms with E-state index in [1.54, 1.807) is 19.2 Å². The Morgan fingerprint density at radius 2 is 1.85 bits per heavy atom. The van der Waals surface area contributed by atoms with E-state index >= 15 is 0 Å². The number of methoxy groups -OCH3 is 1. The molecule has 1 aliphatic rings. The number of hydrogen-bond donors (Lipinski definition) is 1. The molecule has 1 amide bonds. The quantitative estimate of drug-likeness (QED) is 0.784. The number of amides is 1. The number of anilines is 2. The van der Waals surface area contributed by atoms with Gasteiger partial charge in [-0.25, -0.2) is 0 Å². The maximum atomic E-state index is 12.1. The maximum absolute atomic E-state index is 12.1. The van der Waals surface area contributed by atoms with Crippen LogP contribution in [0.1, 0.15) is 6.42 Å². The van der Waals surface area contributed by atoms with Gasteiger partial charge in [-0.15, -0.1) is 12.4 Å². The van der Waals surface area contributed by atoms with Crippen molar-refractivity contribution in [3.8, 4) is 5.75 Å². The average molecular weight is 410 g/mol. The lowest BCUT2D eigenvalue weighted by molar-refractivity contribution is -0.116. The third kappa shape index (κ3) is 6.03. The molecule has 1 N–H and O–H groups in total. The van der Waals surface area contributed by atoms with E-state index in [0.29, 0.717) is 11.4 Å². The minimum Gasteiger partial charge on any atom is -0.495 e. The molecule has 1 heterocycles. The number of benzene rings is 2. The fraction of sp³-hybridized carbons (Fsp3) is 0.350. The predicted octanol–water partition coefficient (Wildman–Crippen LogP) is 3.92. The molecule has 1 fully saturated rings. The Hall–Kier alpha value is -1.95. The number of rotatable bonds is 6. The number of piperazine rings is 1. The Morgan fingerprint density at radius 3 is 2.56 bits per heavy atom. The van der Waals surface area contributed by atoms with Crippen LogP contribution < -0.4 is 15.0 Å². The zero-order chi connectivity index (χ0) is 18.4. The number of carbonyl (C=O) groups excluding carboxylic acids is 1. The van der Waals surface area contributed by atoms with E-state index < -0.39 is 0 Å². The molecule has 0 saturated carbocycles. The van der Waals surface area contributed by atoms with Crippen LogP contribution in [0, 0.1) is 0 Å². The SMILES string of the molecule is COc1ccccc1N1CCN(CCC(=O)Nc2cccc(Cl)c2)CC1.Cl. The van der Waals surface area contributed by atoms with Crippen molar-refractivity contribution in [2.24, 2.45) is 0 Å². The summed E-state index contributed by atoms with van der Waals surface area (Å²) in [6.07, 6.45) is 0.473. The molecule has 0 radical (unpaired) electrons. The normalized spacial score (nSPS) is 14.4. The van der Waals surface area contributed by atoms with Crippen molar-refractivity contribution in [3.63, 3.8) is 0 Å². The van der Waals surface area contributed by atoms with E-state index in [2.05, 4.69) is 21.2 Å². The van der Waals surface area contributed by atoms with Gasteiger partial charge < -0.3 is 15.0 Å². The highest BCUT2D eigenvalue weighted by Gasteiger charge is 2.19. The second-order valence-corrected chi connectivity index (χ2v) is 6.75. The van der Waals surface area contributed by atoms with Gasteiger partial charge in [-0.2, -0.15) is 0 Å². The number of nitrogens with one attached hydrogen (secondary N) is 1. The first-order valence-corrected chi connectivity index (χ1v) is 9.19. The highest BCUT2D eigenvalue weighted by Crippen LogP contribution is 2.28. The first-order chi connectivity index (χ1) is 12.7. The largest absolute Gasteiger partial charge is 0.495 e. The summed E-state index contributed by atoms with van der Waals surface area (Å²) in [5.74, 6) is 0.918. The average Bonchev–Trinajstić information content (AvgIpc) is 2.67. The number of carbonyl (C=O) groups is 1. The molecule has 0 spiro atoms. The van der Waals surface area contributed by atoms with Gasteiger partial charge in [0.1, 0.15) is 5.75 Å². The van der Waals surface area contributed by atoms with E-state index in [1.165, 1.54) is 0 Å². The standard InChI is InChI=1S/C20H24ClN3O2.ClH/c1-26-19-8-3-2-7-18(19)24-13-11-23(12-14-24)10-9-20(25)22-17-6-4-5-16(21)15-17;/h2-8,15H,9-14H2,1H3,(H,22,25);1H. The van der Waals surface area contributed by atoms with Crippen molar-refractivity contribution in [1.82, 2.24) is 4.90 Å². The maximum Gasteiger partial charge on any atom is 0.225 e. The van der Waals surface area contributed by atoms with Gasteiger partial charge in [0.25, 0.3) is 0 Å². The van der Waals surface area contributed by atoms with Crippen molar-refractivity contribution in [1.29, 1.82) is 0 Å². The molecule has 146 valence electrons. The van der Waals surface area contributed by atoms with Crippen molar-refractivity contribution in [3.05, 3.63) is 53.6 Å². The molecule has 0 aliphatic carbocycles. The molecule has 2 aromatic rings. The van der Waals surface area contributed by atoms with Gasteiger partial charge in [0.2, 0.25) is 5.91 Å². The van der Waals surface area contributed by atoms with Crippen LogP contribution in [-0.2, 0) is 4.79 Å². The zero-order valence-corrected chi connectivity index (χ0v) is 16.9. The summed E-state index contributed by atoms with van der Waals surface area (Å²) in [4.78, 5) is 16.8. The lowest BCUT2D eigenvalue weighted by atomic mass is 10.2. The Kier molecular flexibility index (Phi) is 8.23. The molecule has 0 aromatic heterocycles. The summed E-state index contributed by atoms with van der Waals surface area (Å²) in [5.41, 5.74) is 1.87. The van der Waals surface area contributed by atoms with Gasteiger partial charge in [0.15, 0.2) is 0 Å². The van der Waals surface area contributed by atoms with E-state index in [1.807, 2.05) is 30.3 Å². The van der Waals surface area contributed by atoms with E-state index in [4.69, 9.17) is 16.3 Å². The Morgan fingerprint density at radius 1 is 1.11 bits per heavy atom. The fourth-order valence-corrected chi connectivity index (χ4v) is 3.34. The fourth-order valence-electron chi connectivity index (χ4n) is 3.15. The minimum absolute atomic E-state index is 0. The smallest absolute Gasteiger partial charge is 0.225 e. The van der Waals surface area contributed by atoms with Crippen molar-refractivity contribution >= 4 is 41.3 Å². The van der Waals surface area contributed by atoms with Crippen molar-refractivity contribution in [2.75, 3.05) is 50.1 Å². The summed E-state index contributed by atoms with van der Waals surface area (Å²) >= 11 is 5.94. The second-order valence-electron chi connectivity index (χ2n) is 6.31. The predicted molar refractivity (Wildman–Crippen MR) is 114 cm³/mol. The van der Waals surface area contributed by atoms with Crippen molar-refractivity contribution in [2.45, 2.75) is 6.42 Å². The topological polar surface area (TPSA) is 44.8 Å². The van der Waals surface area contributed by atoms with Crippen LogP contribution in [0.4, 0.5) is 11.4 Å². The van der Waals surface area contributed by atoms with Gasteiger partial charge in [0, 0.05) is 49.9 Å².